The molecular formula is C26H21N3. The Kier molecular flexibility index (Phi) is 3.84. The number of nitrogens with one attached hydrogen (secondary N) is 1. The van der Waals surface area contributed by atoms with Gasteiger partial charge in [-0.05, 0) is 45.5 Å². The van der Waals surface area contributed by atoms with Gasteiger partial charge in [0, 0.05) is 0 Å². The lowest BCUT2D eigenvalue weighted by Gasteiger charge is -2.29. The van der Waals surface area contributed by atoms with Crippen LogP contribution in [0.2, 0.25) is 0 Å². The van der Waals surface area contributed by atoms with Crippen LogP contribution in [0.15, 0.2) is 109 Å². The molecule has 4 aromatic carbocycles. The van der Waals surface area contributed by atoms with Crippen molar-refractivity contribution in [3.05, 3.63) is 120 Å². The van der Waals surface area contributed by atoms with E-state index in [1.165, 1.54) is 33.4 Å². The van der Waals surface area contributed by atoms with Gasteiger partial charge in [0.15, 0.2) is 0 Å². The molecule has 2 saturated heterocycles. The predicted molar refractivity (Wildman–Crippen MR) is 116 cm³/mol. The van der Waals surface area contributed by atoms with Gasteiger partial charge in [-0.3, -0.25) is 0 Å². The van der Waals surface area contributed by atoms with Crippen LogP contribution in [0.4, 0.5) is 0 Å². The zero-order valence-electron chi connectivity index (χ0n) is 15.9. The molecule has 6 rings (SSSR count). The normalized spacial score (nSPS) is 24.4. The van der Waals surface area contributed by atoms with Gasteiger partial charge in [0.25, 0.3) is 0 Å². The van der Waals surface area contributed by atoms with E-state index in [1.807, 2.05) is 0 Å². The van der Waals surface area contributed by atoms with Crippen molar-refractivity contribution in [3.63, 3.8) is 0 Å². The summed E-state index contributed by atoms with van der Waals surface area (Å²) in [7, 11) is 0. The van der Waals surface area contributed by atoms with E-state index in [1.54, 1.807) is 0 Å². The van der Waals surface area contributed by atoms with Gasteiger partial charge in [0.1, 0.15) is 12.3 Å². The summed E-state index contributed by atoms with van der Waals surface area (Å²) in [5.74, 6) is 0. The van der Waals surface area contributed by atoms with Gasteiger partial charge in [-0.15, -0.1) is 5.12 Å². The number of fused-ring (bicyclic) bond motifs is 1. The first-order valence-corrected chi connectivity index (χ1v) is 10.0. The summed E-state index contributed by atoms with van der Waals surface area (Å²) in [5, 5.41) is 4.61. The number of nitrogens with zero attached hydrogens (tertiary/aromatic N) is 2. The first kappa shape index (κ1) is 16.7. The number of hydrogen-bond donors (Lipinski definition) is 1. The third-order valence-electron chi connectivity index (χ3n) is 5.80. The highest BCUT2D eigenvalue weighted by molar-refractivity contribution is 5.65. The summed E-state index contributed by atoms with van der Waals surface area (Å²) in [4.78, 5) is 0. The summed E-state index contributed by atoms with van der Waals surface area (Å²) in [6.07, 6.45) is 0.521. The van der Waals surface area contributed by atoms with E-state index >= 15 is 0 Å². The van der Waals surface area contributed by atoms with E-state index in [-0.39, 0.29) is 6.17 Å². The van der Waals surface area contributed by atoms with Crippen molar-refractivity contribution in [1.29, 1.82) is 0 Å². The van der Waals surface area contributed by atoms with Gasteiger partial charge in [0.2, 0.25) is 0 Å². The minimum Gasteiger partial charge on any atom is -0.216 e. The quantitative estimate of drug-likeness (QED) is 0.457. The SMILES string of the molecule is c1ccc(-c2cccc(C3NN4C(c5cccc(-c6ccccc6)c5)N34)c2)cc1. The van der Waals surface area contributed by atoms with Crippen LogP contribution in [-0.2, 0) is 0 Å². The summed E-state index contributed by atoms with van der Waals surface area (Å²) in [5.41, 5.74) is 11.2. The standard InChI is InChI=1S/C26H21N3/c1-3-9-19(10-4-1)21-13-7-15-23(17-21)25-27-29-26(28(25)29)24-16-8-14-22(18-24)20-11-5-2-6-12-20/h1-18,25-27H. The topological polar surface area (TPSA) is 18.0 Å². The van der Waals surface area contributed by atoms with Gasteiger partial charge in [-0.2, -0.15) is 5.01 Å². The second-order valence-electron chi connectivity index (χ2n) is 7.61. The summed E-state index contributed by atoms with van der Waals surface area (Å²) in [6, 6.07) is 38.8. The van der Waals surface area contributed by atoms with E-state index in [9.17, 15) is 0 Å². The Morgan fingerprint density at radius 3 is 1.66 bits per heavy atom. The maximum Gasteiger partial charge on any atom is 0.134 e. The van der Waals surface area contributed by atoms with E-state index in [2.05, 4.69) is 125 Å². The summed E-state index contributed by atoms with van der Waals surface area (Å²) in [6.45, 7) is 0. The molecule has 2 aliphatic rings. The van der Waals surface area contributed by atoms with Crippen molar-refractivity contribution in [1.82, 2.24) is 15.6 Å². The van der Waals surface area contributed by atoms with E-state index in [4.69, 9.17) is 0 Å². The Bertz CT molecular complexity index is 1070. The van der Waals surface area contributed by atoms with Gasteiger partial charge < -0.3 is 0 Å². The molecule has 0 radical (unpaired) electrons. The van der Waals surface area contributed by atoms with Gasteiger partial charge in [-0.25, -0.2) is 5.43 Å². The number of benzene rings is 4. The van der Waals surface area contributed by atoms with Crippen LogP contribution in [0.25, 0.3) is 22.3 Å². The Hall–Kier alpha value is -3.24. The third kappa shape index (κ3) is 2.88. The van der Waals surface area contributed by atoms with Crippen molar-refractivity contribution in [2.45, 2.75) is 12.3 Å². The molecular weight excluding hydrogens is 354 g/mol. The molecule has 0 bridgehead atoms. The first-order valence-electron chi connectivity index (χ1n) is 10.0. The lowest BCUT2D eigenvalue weighted by atomic mass is 10.0. The largest absolute Gasteiger partial charge is 0.216 e. The number of rotatable bonds is 4. The minimum absolute atomic E-state index is 0.226. The molecule has 0 spiro atoms. The Labute approximate surface area is 170 Å². The molecule has 29 heavy (non-hydrogen) atoms. The summed E-state index contributed by atoms with van der Waals surface area (Å²) < 4.78 is 0. The second kappa shape index (κ2) is 6.68. The third-order valence-corrected chi connectivity index (χ3v) is 5.80. The molecule has 0 saturated carbocycles. The summed E-state index contributed by atoms with van der Waals surface area (Å²) >= 11 is 0. The molecule has 4 aromatic rings. The molecule has 4 unspecified atom stereocenters. The highest BCUT2D eigenvalue weighted by Gasteiger charge is 2.60. The molecule has 140 valence electrons. The fraction of sp³-hybridized carbons (Fsp3) is 0.0769. The van der Waals surface area contributed by atoms with Crippen LogP contribution in [0.3, 0.4) is 0 Å². The molecule has 1 N–H and O–H groups in total. The van der Waals surface area contributed by atoms with Crippen LogP contribution >= 0.6 is 0 Å². The van der Waals surface area contributed by atoms with E-state index in [0.29, 0.717) is 6.17 Å². The molecule has 0 amide bonds. The zero-order chi connectivity index (χ0) is 19.2. The van der Waals surface area contributed by atoms with Gasteiger partial charge in [0.05, 0.1) is 0 Å². The van der Waals surface area contributed by atoms with Crippen molar-refractivity contribution in [3.8, 4) is 22.3 Å². The molecule has 3 nitrogen and oxygen atoms in total. The maximum absolute atomic E-state index is 3.58. The highest BCUT2D eigenvalue weighted by Crippen LogP contribution is 2.53. The van der Waals surface area contributed by atoms with Gasteiger partial charge in [-0.1, -0.05) is 97.1 Å². The highest BCUT2D eigenvalue weighted by atomic mass is 16.1. The van der Waals surface area contributed by atoms with Gasteiger partial charge >= 0.3 is 0 Å². The molecule has 3 heteroatoms. The fourth-order valence-electron chi connectivity index (χ4n) is 4.27. The van der Waals surface area contributed by atoms with Crippen molar-refractivity contribution >= 4 is 0 Å². The molecule has 2 heterocycles. The van der Waals surface area contributed by atoms with Crippen molar-refractivity contribution in [2.24, 2.45) is 0 Å². The zero-order valence-corrected chi connectivity index (χ0v) is 15.9. The van der Waals surface area contributed by atoms with E-state index < -0.39 is 0 Å². The fourth-order valence-corrected chi connectivity index (χ4v) is 4.27. The second-order valence-corrected chi connectivity index (χ2v) is 7.61. The Morgan fingerprint density at radius 2 is 1.03 bits per heavy atom. The maximum atomic E-state index is 3.58. The van der Waals surface area contributed by atoms with Crippen LogP contribution in [0, 0.1) is 0 Å². The van der Waals surface area contributed by atoms with Crippen molar-refractivity contribution < 1.29 is 0 Å². The number of hydrazine groups is 2. The smallest absolute Gasteiger partial charge is 0.134 e. The Balaban J connectivity index is 1.25. The minimum atomic E-state index is 0.226. The molecule has 2 aliphatic heterocycles. The number of hydrogen-bond acceptors (Lipinski definition) is 3. The Morgan fingerprint density at radius 1 is 0.517 bits per heavy atom. The molecule has 4 atom stereocenters. The molecule has 0 aromatic heterocycles. The monoisotopic (exact) mass is 375 g/mol. The average molecular weight is 375 g/mol. The van der Waals surface area contributed by atoms with Crippen LogP contribution in [-0.4, -0.2) is 10.1 Å². The van der Waals surface area contributed by atoms with E-state index in [0.717, 1.165) is 0 Å². The lowest BCUT2D eigenvalue weighted by Crippen LogP contribution is -2.44. The molecule has 0 aliphatic carbocycles. The van der Waals surface area contributed by atoms with Crippen LogP contribution < -0.4 is 5.43 Å². The van der Waals surface area contributed by atoms with Crippen LogP contribution in [0.1, 0.15) is 23.5 Å². The lowest BCUT2D eigenvalue weighted by molar-refractivity contribution is 0.0102. The van der Waals surface area contributed by atoms with Crippen molar-refractivity contribution in [2.75, 3.05) is 0 Å². The first-order chi connectivity index (χ1) is 14.4. The predicted octanol–water partition coefficient (Wildman–Crippen LogP) is 5.77. The average Bonchev–Trinajstić information content (AvgIpc) is 3.38. The molecule has 2 fully saturated rings. The van der Waals surface area contributed by atoms with Crippen LogP contribution in [0.5, 0.6) is 0 Å².